The van der Waals surface area contributed by atoms with Gasteiger partial charge in [-0.25, -0.2) is 0 Å². The van der Waals surface area contributed by atoms with Gasteiger partial charge >= 0.3 is 17.9 Å². The Bertz CT molecular complexity index is 1470. The zero-order valence-corrected chi connectivity index (χ0v) is 44.5. The van der Waals surface area contributed by atoms with E-state index in [1.807, 2.05) is 0 Å². The highest BCUT2D eigenvalue weighted by Gasteiger charge is 2.19. The Kier molecular flexibility index (Phi) is 53.0. The molecule has 0 spiro atoms. The molecule has 0 N–H and O–H groups in total. The van der Waals surface area contributed by atoms with Gasteiger partial charge in [0, 0.05) is 19.3 Å². The normalized spacial score (nSPS) is 13.0. The Morgan fingerprint density at radius 1 is 0.304 bits per heavy atom. The molecule has 0 aliphatic heterocycles. The van der Waals surface area contributed by atoms with Crippen LogP contribution >= 0.6 is 0 Å². The molecule has 0 aromatic rings. The van der Waals surface area contributed by atoms with Crippen molar-refractivity contribution in [2.45, 2.75) is 245 Å². The van der Waals surface area contributed by atoms with Gasteiger partial charge in [0.1, 0.15) is 13.2 Å². The molecule has 0 unspecified atom stereocenters. The van der Waals surface area contributed by atoms with Crippen molar-refractivity contribution in [1.29, 1.82) is 0 Å². The Morgan fingerprint density at radius 2 is 0.580 bits per heavy atom. The Balaban J connectivity index is 4.58. The first-order valence-corrected chi connectivity index (χ1v) is 28.0. The molecule has 0 aliphatic carbocycles. The quantitative estimate of drug-likeness (QED) is 0.0262. The van der Waals surface area contributed by atoms with Crippen molar-refractivity contribution in [3.05, 3.63) is 122 Å². The topological polar surface area (TPSA) is 78.9 Å². The molecule has 69 heavy (non-hydrogen) atoms. The average Bonchev–Trinajstić information content (AvgIpc) is 3.35. The number of rotatable bonds is 49. The Hall–Kier alpha value is -4.19. The van der Waals surface area contributed by atoms with E-state index in [1.54, 1.807) is 0 Å². The van der Waals surface area contributed by atoms with E-state index < -0.39 is 6.10 Å². The third-order valence-electron chi connectivity index (χ3n) is 11.4. The smallest absolute Gasteiger partial charge is 0.306 e. The van der Waals surface area contributed by atoms with Gasteiger partial charge in [0.25, 0.3) is 0 Å². The number of hydrogen-bond donors (Lipinski definition) is 0. The summed E-state index contributed by atoms with van der Waals surface area (Å²) < 4.78 is 16.7. The van der Waals surface area contributed by atoms with Crippen molar-refractivity contribution in [1.82, 2.24) is 0 Å². The zero-order valence-electron chi connectivity index (χ0n) is 44.5. The van der Waals surface area contributed by atoms with E-state index in [1.165, 1.54) is 103 Å². The maximum atomic E-state index is 12.8. The summed E-state index contributed by atoms with van der Waals surface area (Å²) in [5.41, 5.74) is 0. The summed E-state index contributed by atoms with van der Waals surface area (Å²) in [6.07, 6.45) is 77.7. The van der Waals surface area contributed by atoms with Gasteiger partial charge in [-0.05, 0) is 122 Å². The fourth-order valence-electron chi connectivity index (χ4n) is 7.23. The van der Waals surface area contributed by atoms with Gasteiger partial charge in [0.05, 0.1) is 0 Å². The van der Waals surface area contributed by atoms with Crippen molar-refractivity contribution in [2.24, 2.45) is 0 Å². The summed E-state index contributed by atoms with van der Waals surface area (Å²) in [6, 6.07) is 0. The standard InChI is InChI=1S/C63H102O6/c1-4-7-10-13-16-19-22-25-28-31-34-37-40-43-46-49-52-55-61(64)67-58-60(69-63(66)57-54-51-48-45-42-39-36-33-30-27-24-21-18-15-12-9-6-3)59-68-62(65)56-53-50-47-44-41-38-35-32-29-26-23-20-17-14-11-8-5-2/h7,10,16,18-19,21,25-30,34,36-37,39,43,45-46,48,60H,4-6,8-9,11-15,17,20,22-24,31-33,35,38,40-42,44,47,49-59H2,1-3H3/b10-7+,19-16+,21-18+,28-25+,29-26+,30-27+,37-34+,39-36+,46-43+,48-45+/t60-/m0/s1. The second-order valence-electron chi connectivity index (χ2n) is 18.1. The van der Waals surface area contributed by atoms with Crippen LogP contribution in [0.4, 0.5) is 0 Å². The van der Waals surface area contributed by atoms with E-state index in [0.29, 0.717) is 19.3 Å². The van der Waals surface area contributed by atoms with Gasteiger partial charge in [-0.1, -0.05) is 219 Å². The van der Waals surface area contributed by atoms with Crippen LogP contribution in [-0.4, -0.2) is 37.2 Å². The Labute approximate surface area is 424 Å². The third kappa shape index (κ3) is 54.6. The molecule has 0 heterocycles. The SMILES string of the molecule is CC/C=C/C/C=C/C/C=C/C/C=C/C/C=C/CCCC(=O)OC[C@@H](COC(=O)CCCCCCCCC/C=C/CCCCCCCC)OC(=O)CCC/C=C/C/C=C/C/C=C/C/C=C/CCCCC. The first kappa shape index (κ1) is 64.8. The van der Waals surface area contributed by atoms with Crippen LogP contribution in [0.1, 0.15) is 239 Å². The molecule has 0 saturated carbocycles. The van der Waals surface area contributed by atoms with E-state index in [2.05, 4.69) is 142 Å². The van der Waals surface area contributed by atoms with Gasteiger partial charge in [-0.15, -0.1) is 0 Å². The summed E-state index contributed by atoms with van der Waals surface area (Å²) in [5.74, 6) is -1.05. The maximum Gasteiger partial charge on any atom is 0.306 e. The van der Waals surface area contributed by atoms with E-state index in [4.69, 9.17) is 14.2 Å². The number of ether oxygens (including phenoxy) is 3. The van der Waals surface area contributed by atoms with E-state index in [9.17, 15) is 14.4 Å². The molecule has 0 aliphatic rings. The van der Waals surface area contributed by atoms with Crippen LogP contribution in [0.15, 0.2) is 122 Å². The second-order valence-corrected chi connectivity index (χ2v) is 18.1. The van der Waals surface area contributed by atoms with Crippen molar-refractivity contribution in [2.75, 3.05) is 13.2 Å². The summed E-state index contributed by atoms with van der Waals surface area (Å²) in [4.78, 5) is 38.1. The van der Waals surface area contributed by atoms with Crippen LogP contribution in [0.2, 0.25) is 0 Å². The van der Waals surface area contributed by atoms with Crippen molar-refractivity contribution >= 4 is 17.9 Å². The van der Waals surface area contributed by atoms with Crippen LogP contribution in [0.5, 0.6) is 0 Å². The van der Waals surface area contributed by atoms with Crippen molar-refractivity contribution < 1.29 is 28.6 Å². The lowest BCUT2D eigenvalue weighted by Crippen LogP contribution is -2.30. The van der Waals surface area contributed by atoms with Gasteiger partial charge in [-0.3, -0.25) is 14.4 Å². The summed E-state index contributed by atoms with van der Waals surface area (Å²) in [7, 11) is 0. The van der Waals surface area contributed by atoms with Crippen LogP contribution in [0.25, 0.3) is 0 Å². The fraction of sp³-hybridized carbons (Fsp3) is 0.635. The highest BCUT2D eigenvalue weighted by molar-refractivity contribution is 5.71. The first-order chi connectivity index (χ1) is 34.0. The van der Waals surface area contributed by atoms with Gasteiger partial charge in [-0.2, -0.15) is 0 Å². The Morgan fingerprint density at radius 3 is 0.986 bits per heavy atom. The first-order valence-electron chi connectivity index (χ1n) is 28.0. The summed E-state index contributed by atoms with van der Waals surface area (Å²) in [6.45, 7) is 6.39. The number of carbonyl (C=O) groups excluding carboxylic acids is 3. The second kappa shape index (κ2) is 56.4. The molecular formula is C63H102O6. The largest absolute Gasteiger partial charge is 0.462 e. The summed E-state index contributed by atoms with van der Waals surface area (Å²) in [5, 5.41) is 0. The molecular weight excluding hydrogens is 853 g/mol. The highest BCUT2D eigenvalue weighted by Crippen LogP contribution is 2.13. The van der Waals surface area contributed by atoms with Crippen molar-refractivity contribution in [3.63, 3.8) is 0 Å². The van der Waals surface area contributed by atoms with Gasteiger partial charge in [0.2, 0.25) is 0 Å². The van der Waals surface area contributed by atoms with Gasteiger partial charge < -0.3 is 14.2 Å². The van der Waals surface area contributed by atoms with Crippen LogP contribution in [0, 0.1) is 0 Å². The van der Waals surface area contributed by atoms with E-state index in [0.717, 1.165) is 83.5 Å². The molecule has 0 bridgehead atoms. The number of allylic oxidation sites excluding steroid dienone is 20. The van der Waals surface area contributed by atoms with E-state index >= 15 is 0 Å². The zero-order chi connectivity index (χ0) is 50.0. The molecule has 6 nitrogen and oxygen atoms in total. The third-order valence-corrected chi connectivity index (χ3v) is 11.4. The highest BCUT2D eigenvalue weighted by atomic mass is 16.6. The van der Waals surface area contributed by atoms with Crippen LogP contribution < -0.4 is 0 Å². The van der Waals surface area contributed by atoms with Crippen LogP contribution in [-0.2, 0) is 28.6 Å². The molecule has 0 radical (unpaired) electrons. The molecule has 0 saturated heterocycles. The average molecular weight is 956 g/mol. The van der Waals surface area contributed by atoms with Crippen LogP contribution in [0.3, 0.4) is 0 Å². The number of unbranched alkanes of at least 4 members (excludes halogenated alkanes) is 18. The lowest BCUT2D eigenvalue weighted by atomic mass is 10.1. The molecule has 6 heteroatoms. The molecule has 0 rings (SSSR count). The number of hydrogen-bond acceptors (Lipinski definition) is 6. The number of carbonyl (C=O) groups is 3. The minimum Gasteiger partial charge on any atom is -0.462 e. The molecule has 0 aromatic carbocycles. The molecule has 0 fully saturated rings. The molecule has 0 amide bonds. The molecule has 390 valence electrons. The molecule has 1 atom stereocenters. The molecule has 0 aromatic heterocycles. The minimum absolute atomic E-state index is 0.123. The summed E-state index contributed by atoms with van der Waals surface area (Å²) >= 11 is 0. The maximum absolute atomic E-state index is 12.8. The lowest BCUT2D eigenvalue weighted by Gasteiger charge is -2.18. The van der Waals surface area contributed by atoms with Crippen molar-refractivity contribution in [3.8, 4) is 0 Å². The lowest BCUT2D eigenvalue weighted by molar-refractivity contribution is -0.167. The fourth-order valence-corrected chi connectivity index (χ4v) is 7.23. The predicted octanol–water partition coefficient (Wildman–Crippen LogP) is 18.9. The predicted molar refractivity (Wildman–Crippen MR) is 297 cm³/mol. The van der Waals surface area contributed by atoms with E-state index in [-0.39, 0.29) is 44.0 Å². The minimum atomic E-state index is -0.835. The monoisotopic (exact) mass is 955 g/mol. The van der Waals surface area contributed by atoms with Gasteiger partial charge in [0.15, 0.2) is 6.10 Å². The number of esters is 3.